The first-order valence-electron chi connectivity index (χ1n) is 6.39. The van der Waals surface area contributed by atoms with Crippen molar-refractivity contribution in [3.8, 4) is 0 Å². The highest BCUT2D eigenvalue weighted by Gasteiger charge is 2.16. The molecule has 104 valence electrons. The summed E-state index contributed by atoms with van der Waals surface area (Å²) in [7, 11) is 3.85. The Balaban J connectivity index is 1.84. The second-order valence-electron chi connectivity index (χ2n) is 4.78. The third-order valence-electron chi connectivity index (χ3n) is 2.92. The first kappa shape index (κ1) is 13.8. The zero-order chi connectivity index (χ0) is 13.7. The van der Waals surface area contributed by atoms with E-state index in [1.54, 1.807) is 6.20 Å². The highest BCUT2D eigenvalue weighted by atomic mass is 16.5. The Hall–Kier alpha value is -1.66. The molecule has 1 amide bonds. The molecule has 1 aliphatic rings. The van der Waals surface area contributed by atoms with Crippen LogP contribution in [0.1, 0.15) is 6.42 Å². The van der Waals surface area contributed by atoms with Crippen LogP contribution < -0.4 is 15.5 Å². The second kappa shape index (κ2) is 6.49. The summed E-state index contributed by atoms with van der Waals surface area (Å²) in [5, 5.41) is 6.09. The fraction of sp³-hybridized carbons (Fsp3) is 0.538. The minimum atomic E-state index is -0.0256. The summed E-state index contributed by atoms with van der Waals surface area (Å²) in [4.78, 5) is 18.0. The van der Waals surface area contributed by atoms with Gasteiger partial charge < -0.3 is 20.3 Å². The molecule has 1 aromatic rings. The summed E-state index contributed by atoms with van der Waals surface area (Å²) in [6.45, 7) is 2.11. The number of carbonyl (C=O) groups excluding carboxylic acids is 1. The van der Waals surface area contributed by atoms with Gasteiger partial charge in [-0.3, -0.25) is 4.79 Å². The minimum Gasteiger partial charge on any atom is -0.378 e. The maximum atomic E-state index is 11.9. The molecule has 1 unspecified atom stereocenters. The molecule has 2 rings (SSSR count). The van der Waals surface area contributed by atoms with E-state index >= 15 is 0 Å². The van der Waals surface area contributed by atoms with Crippen LogP contribution in [0.3, 0.4) is 0 Å². The number of hydrogen-bond donors (Lipinski definition) is 2. The van der Waals surface area contributed by atoms with Gasteiger partial charge in [-0.05, 0) is 12.1 Å². The van der Waals surface area contributed by atoms with Gasteiger partial charge in [0.2, 0.25) is 5.91 Å². The van der Waals surface area contributed by atoms with Gasteiger partial charge in [-0.1, -0.05) is 0 Å². The summed E-state index contributed by atoms with van der Waals surface area (Å²) >= 11 is 0. The predicted octanol–water partition coefficient (Wildman–Crippen LogP) is 0.465. The van der Waals surface area contributed by atoms with Gasteiger partial charge in [-0.15, -0.1) is 0 Å². The van der Waals surface area contributed by atoms with Gasteiger partial charge in [-0.25, -0.2) is 4.98 Å². The quantitative estimate of drug-likeness (QED) is 0.827. The average molecular weight is 264 g/mol. The second-order valence-corrected chi connectivity index (χ2v) is 4.78. The SMILES string of the molecule is CN(C)c1ccc(NC(=O)CC2COCCN2)cn1. The third-order valence-corrected chi connectivity index (χ3v) is 2.92. The molecule has 2 N–H and O–H groups in total. The highest BCUT2D eigenvalue weighted by molar-refractivity contribution is 5.91. The van der Waals surface area contributed by atoms with Crippen molar-refractivity contribution < 1.29 is 9.53 Å². The Labute approximate surface area is 113 Å². The Morgan fingerprint density at radius 2 is 2.42 bits per heavy atom. The first-order valence-corrected chi connectivity index (χ1v) is 6.39. The van der Waals surface area contributed by atoms with E-state index < -0.39 is 0 Å². The van der Waals surface area contributed by atoms with Crippen LogP contribution in [0.15, 0.2) is 18.3 Å². The van der Waals surface area contributed by atoms with Crippen molar-refractivity contribution in [1.29, 1.82) is 0 Å². The Bertz CT molecular complexity index is 413. The van der Waals surface area contributed by atoms with E-state index in [9.17, 15) is 4.79 Å². The Morgan fingerprint density at radius 1 is 1.58 bits per heavy atom. The van der Waals surface area contributed by atoms with Crippen LogP contribution in [-0.2, 0) is 9.53 Å². The number of rotatable bonds is 4. The van der Waals surface area contributed by atoms with E-state index in [0.29, 0.717) is 25.3 Å². The molecule has 19 heavy (non-hydrogen) atoms. The monoisotopic (exact) mass is 264 g/mol. The molecule has 0 aromatic carbocycles. The number of aromatic nitrogens is 1. The number of pyridine rings is 1. The average Bonchev–Trinajstić information content (AvgIpc) is 2.40. The molecule has 6 nitrogen and oxygen atoms in total. The molecule has 0 radical (unpaired) electrons. The molecule has 0 saturated carbocycles. The molecule has 1 atom stereocenters. The molecule has 6 heteroatoms. The number of anilines is 2. The molecule has 2 heterocycles. The lowest BCUT2D eigenvalue weighted by Crippen LogP contribution is -2.43. The van der Waals surface area contributed by atoms with Gasteiger partial charge in [-0.2, -0.15) is 0 Å². The van der Waals surface area contributed by atoms with E-state index in [-0.39, 0.29) is 11.9 Å². The summed E-state index contributed by atoms with van der Waals surface area (Å²) in [6, 6.07) is 3.82. The van der Waals surface area contributed by atoms with E-state index in [1.807, 2.05) is 31.1 Å². The molecule has 1 aromatic heterocycles. The van der Waals surface area contributed by atoms with Crippen molar-refractivity contribution in [2.75, 3.05) is 44.1 Å². The van der Waals surface area contributed by atoms with E-state index in [2.05, 4.69) is 15.6 Å². The molecule has 1 aliphatic heterocycles. The number of hydrogen-bond acceptors (Lipinski definition) is 5. The molecule has 0 bridgehead atoms. The zero-order valence-corrected chi connectivity index (χ0v) is 11.3. The molecule has 1 saturated heterocycles. The number of amides is 1. The van der Waals surface area contributed by atoms with Crippen LogP contribution in [-0.4, -0.2) is 50.8 Å². The van der Waals surface area contributed by atoms with Crippen molar-refractivity contribution in [3.63, 3.8) is 0 Å². The van der Waals surface area contributed by atoms with Gasteiger partial charge in [0.15, 0.2) is 0 Å². The first-order chi connectivity index (χ1) is 9.15. The minimum absolute atomic E-state index is 0.0256. The summed E-state index contributed by atoms with van der Waals surface area (Å²) in [5.74, 6) is 0.836. The fourth-order valence-corrected chi connectivity index (χ4v) is 1.91. The summed E-state index contributed by atoms with van der Waals surface area (Å²) in [6.07, 6.45) is 2.08. The largest absolute Gasteiger partial charge is 0.378 e. The third kappa shape index (κ3) is 4.18. The van der Waals surface area contributed by atoms with Gasteiger partial charge in [0.25, 0.3) is 0 Å². The van der Waals surface area contributed by atoms with E-state index in [4.69, 9.17) is 4.74 Å². The maximum Gasteiger partial charge on any atom is 0.226 e. The Morgan fingerprint density at radius 3 is 3.00 bits per heavy atom. The lowest BCUT2D eigenvalue weighted by molar-refractivity contribution is -0.117. The topological polar surface area (TPSA) is 66.5 Å². The van der Waals surface area contributed by atoms with Crippen LogP contribution in [0.5, 0.6) is 0 Å². The summed E-state index contributed by atoms with van der Waals surface area (Å²) < 4.78 is 5.31. The number of carbonyl (C=O) groups is 1. The summed E-state index contributed by atoms with van der Waals surface area (Å²) in [5.41, 5.74) is 0.715. The molecule has 0 aliphatic carbocycles. The number of morpholine rings is 1. The van der Waals surface area contributed by atoms with Crippen molar-refractivity contribution in [2.45, 2.75) is 12.5 Å². The number of nitrogens with zero attached hydrogens (tertiary/aromatic N) is 2. The van der Waals surface area contributed by atoms with Crippen molar-refractivity contribution in [1.82, 2.24) is 10.3 Å². The van der Waals surface area contributed by atoms with Gasteiger partial charge in [0, 0.05) is 33.1 Å². The number of nitrogens with one attached hydrogen (secondary N) is 2. The standard InChI is InChI=1S/C13H20N4O2/c1-17(2)12-4-3-10(8-15-12)16-13(18)7-11-9-19-6-5-14-11/h3-4,8,11,14H,5-7,9H2,1-2H3,(H,16,18). The van der Waals surface area contributed by atoms with E-state index in [1.165, 1.54) is 0 Å². The number of ether oxygens (including phenoxy) is 1. The molecular formula is C13H20N4O2. The van der Waals surface area contributed by atoms with Gasteiger partial charge in [0.1, 0.15) is 5.82 Å². The normalized spacial score (nSPS) is 18.9. The smallest absolute Gasteiger partial charge is 0.226 e. The van der Waals surface area contributed by atoms with Gasteiger partial charge in [0.05, 0.1) is 25.1 Å². The van der Waals surface area contributed by atoms with Crippen LogP contribution in [0, 0.1) is 0 Å². The lowest BCUT2D eigenvalue weighted by Gasteiger charge is -2.23. The fourth-order valence-electron chi connectivity index (χ4n) is 1.91. The van der Waals surface area contributed by atoms with Crippen LogP contribution in [0.2, 0.25) is 0 Å². The maximum absolute atomic E-state index is 11.9. The van der Waals surface area contributed by atoms with Crippen LogP contribution >= 0.6 is 0 Å². The van der Waals surface area contributed by atoms with E-state index in [0.717, 1.165) is 12.4 Å². The predicted molar refractivity (Wildman–Crippen MR) is 74.4 cm³/mol. The lowest BCUT2D eigenvalue weighted by atomic mass is 10.2. The molecular weight excluding hydrogens is 244 g/mol. The van der Waals surface area contributed by atoms with Crippen molar-refractivity contribution in [3.05, 3.63) is 18.3 Å². The highest BCUT2D eigenvalue weighted by Crippen LogP contribution is 2.12. The molecule has 0 spiro atoms. The Kier molecular flexibility index (Phi) is 4.70. The molecule has 1 fully saturated rings. The van der Waals surface area contributed by atoms with Crippen LogP contribution in [0.4, 0.5) is 11.5 Å². The van der Waals surface area contributed by atoms with Crippen molar-refractivity contribution >= 4 is 17.4 Å². The van der Waals surface area contributed by atoms with Crippen molar-refractivity contribution in [2.24, 2.45) is 0 Å². The van der Waals surface area contributed by atoms with Gasteiger partial charge >= 0.3 is 0 Å². The van der Waals surface area contributed by atoms with Crippen LogP contribution in [0.25, 0.3) is 0 Å². The zero-order valence-electron chi connectivity index (χ0n) is 11.3.